The standard InChI is InChI=1S/C23H23NO3S2/c1-26-20-10-6-4-8-16(20)12-18-14-24(23(28)29-3)15-19(22(18)25)13-17-9-5-7-11-21(17)27-2/h4-13H,14-15H2,1-3H3/b18-12+,19-13+. The van der Waals surface area contributed by atoms with E-state index in [0.29, 0.717) is 24.2 Å². The van der Waals surface area contributed by atoms with Gasteiger partial charge >= 0.3 is 0 Å². The van der Waals surface area contributed by atoms with Crippen molar-refractivity contribution in [1.82, 2.24) is 4.90 Å². The average Bonchev–Trinajstić information content (AvgIpc) is 2.76. The molecule has 0 saturated carbocycles. The molecule has 0 amide bonds. The van der Waals surface area contributed by atoms with E-state index >= 15 is 0 Å². The van der Waals surface area contributed by atoms with Crippen LogP contribution in [0.5, 0.6) is 11.5 Å². The molecule has 29 heavy (non-hydrogen) atoms. The fourth-order valence-corrected chi connectivity index (χ4v) is 3.76. The molecule has 0 N–H and O–H groups in total. The maximum absolute atomic E-state index is 13.3. The highest BCUT2D eigenvalue weighted by molar-refractivity contribution is 8.22. The number of likely N-dealkylation sites (tertiary alicyclic amines) is 1. The predicted octanol–water partition coefficient (Wildman–Crippen LogP) is 4.70. The molecule has 1 saturated heterocycles. The summed E-state index contributed by atoms with van der Waals surface area (Å²) < 4.78 is 11.6. The van der Waals surface area contributed by atoms with Gasteiger partial charge in [0.25, 0.3) is 0 Å². The molecule has 2 aromatic carbocycles. The van der Waals surface area contributed by atoms with E-state index < -0.39 is 0 Å². The largest absolute Gasteiger partial charge is 0.496 e. The number of para-hydroxylation sites is 2. The van der Waals surface area contributed by atoms with Gasteiger partial charge in [0.05, 0.1) is 14.2 Å². The second kappa shape index (κ2) is 9.76. The van der Waals surface area contributed by atoms with Crippen LogP contribution in [0, 0.1) is 0 Å². The summed E-state index contributed by atoms with van der Waals surface area (Å²) in [6.07, 6.45) is 5.74. The molecular weight excluding hydrogens is 402 g/mol. The fourth-order valence-electron chi connectivity index (χ4n) is 3.24. The first-order valence-corrected chi connectivity index (χ1v) is 10.8. The normalized spacial score (nSPS) is 16.9. The zero-order valence-corrected chi connectivity index (χ0v) is 18.3. The summed E-state index contributed by atoms with van der Waals surface area (Å²) in [7, 11) is 3.25. The van der Waals surface area contributed by atoms with E-state index in [-0.39, 0.29) is 5.78 Å². The van der Waals surface area contributed by atoms with Crippen LogP contribution < -0.4 is 9.47 Å². The molecule has 0 unspecified atom stereocenters. The van der Waals surface area contributed by atoms with Gasteiger partial charge < -0.3 is 14.4 Å². The van der Waals surface area contributed by atoms with Crippen molar-refractivity contribution in [1.29, 1.82) is 0 Å². The second-order valence-corrected chi connectivity index (χ2v) is 7.92. The summed E-state index contributed by atoms with van der Waals surface area (Å²) in [5.74, 6) is 1.47. The highest BCUT2D eigenvalue weighted by Gasteiger charge is 2.28. The third kappa shape index (κ3) is 4.89. The molecule has 0 bridgehead atoms. The van der Waals surface area contributed by atoms with E-state index in [0.717, 1.165) is 26.9 Å². The molecule has 0 spiro atoms. The molecule has 2 aromatic rings. The van der Waals surface area contributed by atoms with Crippen LogP contribution in [0.1, 0.15) is 11.1 Å². The Hall–Kier alpha value is -2.57. The Labute approximate surface area is 181 Å². The van der Waals surface area contributed by atoms with Gasteiger partial charge in [-0.25, -0.2) is 0 Å². The Kier molecular flexibility index (Phi) is 7.12. The number of hydrogen-bond acceptors (Lipinski definition) is 5. The number of ether oxygens (including phenoxy) is 2. The number of nitrogens with zero attached hydrogens (tertiary/aromatic N) is 1. The summed E-state index contributed by atoms with van der Waals surface area (Å²) in [5.41, 5.74) is 3.09. The molecule has 4 nitrogen and oxygen atoms in total. The van der Waals surface area contributed by atoms with Crippen molar-refractivity contribution in [3.05, 3.63) is 70.8 Å². The quantitative estimate of drug-likeness (QED) is 0.522. The van der Waals surface area contributed by atoms with Gasteiger partial charge in [-0.15, -0.1) is 11.8 Å². The molecule has 1 aliphatic rings. The van der Waals surface area contributed by atoms with Crippen LogP contribution in [0.4, 0.5) is 0 Å². The number of thioether (sulfide) groups is 1. The van der Waals surface area contributed by atoms with Gasteiger partial charge in [-0.2, -0.15) is 0 Å². The van der Waals surface area contributed by atoms with Crippen LogP contribution in [0.15, 0.2) is 59.7 Å². The molecule has 1 aliphatic heterocycles. The Morgan fingerprint density at radius 3 is 1.79 bits per heavy atom. The van der Waals surface area contributed by atoms with Gasteiger partial charge in [0, 0.05) is 35.4 Å². The van der Waals surface area contributed by atoms with Crippen LogP contribution in [0.2, 0.25) is 0 Å². The molecule has 0 aliphatic carbocycles. The average molecular weight is 426 g/mol. The van der Waals surface area contributed by atoms with Crippen molar-refractivity contribution in [2.45, 2.75) is 0 Å². The van der Waals surface area contributed by atoms with Crippen molar-refractivity contribution < 1.29 is 14.3 Å². The summed E-state index contributed by atoms with van der Waals surface area (Å²) in [5, 5.41) is 0. The van der Waals surface area contributed by atoms with E-state index in [4.69, 9.17) is 21.7 Å². The molecular formula is C23H23NO3S2. The SMILES string of the molecule is COc1ccccc1/C=C1\CN(C(=S)SC)C/C(=C\c2ccccc2OC)C1=O. The highest BCUT2D eigenvalue weighted by atomic mass is 32.2. The molecule has 3 rings (SSSR count). The van der Waals surface area contributed by atoms with Gasteiger partial charge in [-0.05, 0) is 30.5 Å². The Balaban J connectivity index is 2.05. The maximum atomic E-state index is 13.3. The van der Waals surface area contributed by atoms with Gasteiger partial charge in [0.15, 0.2) is 5.78 Å². The lowest BCUT2D eigenvalue weighted by atomic mass is 9.94. The van der Waals surface area contributed by atoms with Crippen LogP contribution in [-0.4, -0.2) is 48.6 Å². The number of methoxy groups -OCH3 is 2. The van der Waals surface area contributed by atoms with E-state index in [1.165, 1.54) is 11.8 Å². The Morgan fingerprint density at radius 1 is 0.931 bits per heavy atom. The van der Waals surface area contributed by atoms with E-state index in [2.05, 4.69) is 0 Å². The zero-order chi connectivity index (χ0) is 20.8. The van der Waals surface area contributed by atoms with Crippen molar-refractivity contribution in [3.63, 3.8) is 0 Å². The minimum absolute atomic E-state index is 0.0157. The molecule has 0 aromatic heterocycles. The topological polar surface area (TPSA) is 38.8 Å². The first kappa shape index (κ1) is 21.1. The number of hydrogen-bond donors (Lipinski definition) is 0. The number of Topliss-reactive ketones (excluding diaryl/α,β-unsaturated/α-hetero) is 1. The monoisotopic (exact) mass is 425 g/mol. The number of piperidine rings is 1. The second-order valence-electron chi connectivity index (χ2n) is 6.48. The van der Waals surface area contributed by atoms with Crippen LogP contribution in [0.3, 0.4) is 0 Å². The lowest BCUT2D eigenvalue weighted by Crippen LogP contribution is -2.39. The van der Waals surface area contributed by atoms with Crippen molar-refractivity contribution in [3.8, 4) is 11.5 Å². The third-order valence-electron chi connectivity index (χ3n) is 4.68. The molecule has 6 heteroatoms. The van der Waals surface area contributed by atoms with E-state index in [9.17, 15) is 4.79 Å². The highest BCUT2D eigenvalue weighted by Crippen LogP contribution is 2.28. The van der Waals surface area contributed by atoms with Gasteiger partial charge in [-0.1, -0.05) is 48.6 Å². The van der Waals surface area contributed by atoms with Gasteiger partial charge in [0.1, 0.15) is 15.8 Å². The van der Waals surface area contributed by atoms with E-state index in [1.807, 2.05) is 71.8 Å². The van der Waals surface area contributed by atoms with Crippen molar-refractivity contribution >= 4 is 46.2 Å². The zero-order valence-electron chi connectivity index (χ0n) is 16.7. The Bertz CT molecular complexity index is 912. The number of thiocarbonyl (C=S) groups is 1. The third-order valence-corrected chi connectivity index (χ3v) is 6.04. The summed E-state index contributed by atoms with van der Waals surface area (Å²) in [6.45, 7) is 0.944. The van der Waals surface area contributed by atoms with E-state index in [1.54, 1.807) is 14.2 Å². The molecule has 1 heterocycles. The lowest BCUT2D eigenvalue weighted by Gasteiger charge is -2.31. The Morgan fingerprint density at radius 2 is 1.38 bits per heavy atom. The summed E-state index contributed by atoms with van der Waals surface area (Å²) in [4.78, 5) is 15.3. The van der Waals surface area contributed by atoms with Crippen LogP contribution in [-0.2, 0) is 4.79 Å². The predicted molar refractivity (Wildman–Crippen MR) is 125 cm³/mol. The molecule has 0 radical (unpaired) electrons. The summed E-state index contributed by atoms with van der Waals surface area (Å²) in [6, 6.07) is 15.3. The maximum Gasteiger partial charge on any atom is 0.188 e. The summed E-state index contributed by atoms with van der Waals surface area (Å²) >= 11 is 7.03. The molecule has 0 atom stereocenters. The first-order valence-electron chi connectivity index (χ1n) is 9.12. The van der Waals surface area contributed by atoms with Gasteiger partial charge in [0.2, 0.25) is 0 Å². The number of carbonyl (C=O) groups excluding carboxylic acids is 1. The molecule has 1 fully saturated rings. The van der Waals surface area contributed by atoms with Crippen molar-refractivity contribution in [2.75, 3.05) is 33.6 Å². The fraction of sp³-hybridized carbons (Fsp3) is 0.217. The van der Waals surface area contributed by atoms with Gasteiger partial charge in [-0.3, -0.25) is 4.79 Å². The minimum Gasteiger partial charge on any atom is -0.496 e. The lowest BCUT2D eigenvalue weighted by molar-refractivity contribution is -0.113. The minimum atomic E-state index is 0.0157. The number of carbonyl (C=O) groups is 1. The first-order chi connectivity index (χ1) is 14.1. The van der Waals surface area contributed by atoms with Crippen LogP contribution in [0.25, 0.3) is 12.2 Å². The van der Waals surface area contributed by atoms with Crippen LogP contribution >= 0.6 is 24.0 Å². The number of rotatable bonds is 4. The smallest absolute Gasteiger partial charge is 0.188 e. The number of ketones is 1. The molecule has 150 valence electrons. The number of benzene rings is 2. The van der Waals surface area contributed by atoms with Crippen molar-refractivity contribution in [2.24, 2.45) is 0 Å².